The number of nitrogens with zero attached hydrogens (tertiary/aromatic N) is 1. The van der Waals surface area contributed by atoms with Gasteiger partial charge in [-0.3, -0.25) is 4.98 Å². The van der Waals surface area contributed by atoms with Crippen LogP contribution in [0.5, 0.6) is 0 Å². The first kappa shape index (κ1) is 11.9. The van der Waals surface area contributed by atoms with Crippen LogP contribution in [-0.2, 0) is 25.0 Å². The normalized spacial score (nSPS) is 11.9. The molecule has 2 aromatic rings. The molecule has 0 saturated carbocycles. The minimum Gasteiger partial charge on any atom is -0.255 e. The summed E-state index contributed by atoms with van der Waals surface area (Å²) in [4.78, 5) is 6.01. The van der Waals surface area contributed by atoms with Gasteiger partial charge < -0.3 is 0 Å². The second-order valence-corrected chi connectivity index (χ2v) is 5.44. The van der Waals surface area contributed by atoms with Gasteiger partial charge in [0.2, 0.25) is 0 Å². The van der Waals surface area contributed by atoms with E-state index in [1.165, 1.54) is 37.8 Å². The summed E-state index contributed by atoms with van der Waals surface area (Å²) in [5.74, 6) is 0. The van der Waals surface area contributed by atoms with Crippen LogP contribution in [0.1, 0.15) is 26.6 Å². The van der Waals surface area contributed by atoms with Gasteiger partial charge in [-0.1, -0.05) is 13.8 Å². The van der Waals surface area contributed by atoms with E-state index in [-0.39, 0.29) is 18.6 Å². The fourth-order valence-corrected chi connectivity index (χ4v) is 3.08. The van der Waals surface area contributed by atoms with Gasteiger partial charge >= 0.3 is 0 Å². The molecule has 0 spiro atoms. The van der Waals surface area contributed by atoms with Crippen molar-refractivity contribution < 1.29 is 18.6 Å². The maximum Gasteiger partial charge on any atom is 0.0891 e. The molecule has 0 N–H and O–H groups in total. The molecule has 81 valence electrons. The van der Waals surface area contributed by atoms with Gasteiger partial charge in [-0.05, 0) is 13.3 Å². The van der Waals surface area contributed by atoms with E-state index in [4.69, 9.17) is 0 Å². The van der Waals surface area contributed by atoms with Gasteiger partial charge in [0.25, 0.3) is 0 Å². The third kappa shape index (κ3) is 1.65. The van der Waals surface area contributed by atoms with Crippen molar-refractivity contribution in [1.29, 1.82) is 0 Å². The van der Waals surface area contributed by atoms with Gasteiger partial charge in [-0.15, -0.1) is 22.5 Å². The standard InChI is InChI=1S/C13H12NS.V/c1-7-4-10-6-12-13(14-9(3)15-12)11(10)5-8(7)2;/h5H,6H2,1-3H3;/q-1;. The van der Waals surface area contributed by atoms with Crippen LogP contribution in [0.2, 0.25) is 0 Å². The Labute approximate surface area is 112 Å². The van der Waals surface area contributed by atoms with Crippen LogP contribution in [0.15, 0.2) is 6.07 Å². The van der Waals surface area contributed by atoms with E-state index in [0.29, 0.717) is 0 Å². The summed E-state index contributed by atoms with van der Waals surface area (Å²) < 4.78 is 0. The summed E-state index contributed by atoms with van der Waals surface area (Å²) in [5, 5.41) is 1.17. The largest absolute Gasteiger partial charge is 0.255 e. The number of aromatic nitrogens is 1. The van der Waals surface area contributed by atoms with Gasteiger partial charge in [-0.2, -0.15) is 23.3 Å². The molecule has 0 atom stereocenters. The summed E-state index contributed by atoms with van der Waals surface area (Å²) in [6.45, 7) is 6.34. The summed E-state index contributed by atoms with van der Waals surface area (Å²) in [5.41, 5.74) is 6.41. The van der Waals surface area contributed by atoms with E-state index in [9.17, 15) is 0 Å². The molecule has 0 amide bonds. The monoisotopic (exact) mass is 265 g/mol. The number of aryl methyl sites for hydroxylation is 3. The Balaban J connectivity index is 0.000000963. The van der Waals surface area contributed by atoms with Crippen molar-refractivity contribution in [2.75, 3.05) is 0 Å². The summed E-state index contributed by atoms with van der Waals surface area (Å²) in [7, 11) is 0. The number of thiazole rings is 1. The maximum absolute atomic E-state index is 4.60. The van der Waals surface area contributed by atoms with Gasteiger partial charge in [0, 0.05) is 29.1 Å². The number of rotatable bonds is 0. The Morgan fingerprint density at radius 2 is 2.06 bits per heavy atom. The SMILES string of the molecule is Cc1nc2c(s1)Cc1[c-]c(C)c(C)cc1-2.[V]. The molecular formula is C13H12NSV-. The molecule has 1 nitrogen and oxygen atoms in total. The van der Waals surface area contributed by atoms with Crippen molar-refractivity contribution in [3.05, 3.63) is 38.7 Å². The average Bonchev–Trinajstić information content (AvgIpc) is 2.64. The molecule has 3 heteroatoms. The molecule has 0 saturated heterocycles. The summed E-state index contributed by atoms with van der Waals surface area (Å²) in [6, 6.07) is 5.73. The Kier molecular flexibility index (Phi) is 3.00. The molecule has 16 heavy (non-hydrogen) atoms. The number of benzene rings is 1. The van der Waals surface area contributed by atoms with Crippen molar-refractivity contribution in [3.63, 3.8) is 0 Å². The fourth-order valence-electron chi connectivity index (χ4n) is 2.11. The first-order valence-electron chi connectivity index (χ1n) is 5.14. The van der Waals surface area contributed by atoms with Crippen LogP contribution in [-0.4, -0.2) is 4.98 Å². The molecule has 1 heterocycles. The molecule has 3 rings (SSSR count). The van der Waals surface area contributed by atoms with Gasteiger partial charge in [0.15, 0.2) is 0 Å². The van der Waals surface area contributed by atoms with Crippen molar-refractivity contribution in [1.82, 2.24) is 4.98 Å². The third-order valence-corrected chi connectivity index (χ3v) is 3.98. The van der Waals surface area contributed by atoms with Gasteiger partial charge in [0.1, 0.15) is 0 Å². The average molecular weight is 265 g/mol. The van der Waals surface area contributed by atoms with Crippen LogP contribution < -0.4 is 0 Å². The fraction of sp³-hybridized carbons (Fsp3) is 0.308. The Morgan fingerprint density at radius 1 is 1.31 bits per heavy atom. The van der Waals surface area contributed by atoms with E-state index in [2.05, 4.69) is 37.9 Å². The molecule has 0 unspecified atom stereocenters. The van der Waals surface area contributed by atoms with Crippen molar-refractivity contribution in [2.45, 2.75) is 27.2 Å². The summed E-state index contributed by atoms with van der Waals surface area (Å²) >= 11 is 1.81. The second kappa shape index (κ2) is 4.03. The molecule has 0 bridgehead atoms. The number of fused-ring (bicyclic) bond motifs is 3. The van der Waals surface area contributed by atoms with Gasteiger partial charge in [-0.25, -0.2) is 0 Å². The topological polar surface area (TPSA) is 12.9 Å². The van der Waals surface area contributed by atoms with E-state index >= 15 is 0 Å². The maximum atomic E-state index is 4.60. The molecule has 1 aromatic carbocycles. The van der Waals surface area contributed by atoms with Crippen LogP contribution in [0.4, 0.5) is 0 Å². The van der Waals surface area contributed by atoms with E-state index in [0.717, 1.165) is 6.42 Å². The quantitative estimate of drug-likeness (QED) is 0.567. The molecule has 1 aromatic heterocycles. The first-order chi connectivity index (χ1) is 7.15. The van der Waals surface area contributed by atoms with Gasteiger partial charge in [0.05, 0.1) is 5.01 Å². The zero-order chi connectivity index (χ0) is 10.6. The minimum atomic E-state index is 0. The Bertz CT molecular complexity index is 557. The van der Waals surface area contributed by atoms with Crippen LogP contribution in [0.3, 0.4) is 0 Å². The third-order valence-electron chi connectivity index (χ3n) is 3.01. The summed E-state index contributed by atoms with van der Waals surface area (Å²) in [6.07, 6.45) is 1.03. The van der Waals surface area contributed by atoms with Crippen molar-refractivity contribution in [3.8, 4) is 11.3 Å². The zero-order valence-electron chi connectivity index (χ0n) is 9.59. The van der Waals surface area contributed by atoms with E-state index in [1.54, 1.807) is 0 Å². The number of hydrogen-bond acceptors (Lipinski definition) is 2. The van der Waals surface area contributed by atoms with Crippen molar-refractivity contribution >= 4 is 11.3 Å². The Hall–Kier alpha value is -0.566. The minimum absolute atomic E-state index is 0. The molecule has 1 aliphatic rings. The second-order valence-electron chi connectivity index (χ2n) is 4.15. The van der Waals surface area contributed by atoms with Crippen LogP contribution >= 0.6 is 11.3 Å². The predicted octanol–water partition coefficient (Wildman–Crippen LogP) is 3.44. The molecule has 1 aliphatic carbocycles. The van der Waals surface area contributed by atoms with Crippen molar-refractivity contribution in [2.24, 2.45) is 0 Å². The van der Waals surface area contributed by atoms with E-state index in [1.807, 2.05) is 11.3 Å². The first-order valence-corrected chi connectivity index (χ1v) is 5.96. The smallest absolute Gasteiger partial charge is 0.0891 e. The molecule has 0 fully saturated rings. The molecule has 0 aliphatic heterocycles. The zero-order valence-corrected chi connectivity index (χ0v) is 11.8. The predicted molar refractivity (Wildman–Crippen MR) is 63.4 cm³/mol. The molecule has 1 radical (unpaired) electrons. The molecular weight excluding hydrogens is 253 g/mol. The number of hydrogen-bond donors (Lipinski definition) is 0. The Morgan fingerprint density at radius 3 is 2.81 bits per heavy atom. The van der Waals surface area contributed by atoms with Crippen LogP contribution in [0, 0.1) is 26.8 Å². The van der Waals surface area contributed by atoms with E-state index < -0.39 is 0 Å². The van der Waals surface area contributed by atoms with Crippen LogP contribution in [0.25, 0.3) is 11.3 Å².